The minimum Gasteiger partial charge on any atom is -0.466 e. The highest BCUT2D eigenvalue weighted by atomic mass is 32.2. The third kappa shape index (κ3) is 11.7. The van der Waals surface area contributed by atoms with E-state index in [1.807, 2.05) is 0 Å². The van der Waals surface area contributed by atoms with Crippen molar-refractivity contribution in [3.63, 3.8) is 0 Å². The van der Waals surface area contributed by atoms with Gasteiger partial charge in [0, 0.05) is 19.0 Å². The summed E-state index contributed by atoms with van der Waals surface area (Å²) in [6, 6.07) is -0.381. The molecule has 0 bridgehead atoms. The molecule has 0 saturated heterocycles. The van der Waals surface area contributed by atoms with Gasteiger partial charge >= 0.3 is 5.97 Å². The summed E-state index contributed by atoms with van der Waals surface area (Å²) in [6.45, 7) is 6.34. The van der Waals surface area contributed by atoms with Gasteiger partial charge in [0.25, 0.3) is 5.91 Å². The van der Waals surface area contributed by atoms with Gasteiger partial charge < -0.3 is 20.5 Å². The molecule has 0 aromatic carbocycles. The topological polar surface area (TPSA) is 90.6 Å². The van der Waals surface area contributed by atoms with Gasteiger partial charge in [-0.15, -0.1) is 12.6 Å². The Bertz CT molecular complexity index is 343. The number of carbonyl (C=O) groups is 2. The fraction of sp³-hybridized carbons (Fsp3) is 0.867. The number of nitrogens with one attached hydrogen (secondary N) is 1. The highest BCUT2D eigenvalue weighted by molar-refractivity contribution is 7.99. The standard InChI is InChI=1S/C15H30N2O4S2/c1-4-20-13(18)7-6-9-17-15(19)14(21-11(3)22)12(16)8-10-23-5-2/h11-12,14,22H,4-10,16H2,1-3H3,(H,17,19)/t11?,12-,14?/m1/s1. The molecule has 0 aliphatic heterocycles. The van der Waals surface area contributed by atoms with Crippen LogP contribution in [0.4, 0.5) is 0 Å². The van der Waals surface area contributed by atoms with E-state index < -0.39 is 6.10 Å². The maximum absolute atomic E-state index is 12.3. The number of esters is 1. The molecule has 0 spiro atoms. The lowest BCUT2D eigenvalue weighted by atomic mass is 10.1. The predicted octanol–water partition coefficient (Wildman–Crippen LogP) is 1.58. The van der Waals surface area contributed by atoms with Crippen LogP contribution in [0.25, 0.3) is 0 Å². The molecule has 6 nitrogen and oxygen atoms in total. The SMILES string of the molecule is CCOC(=O)CCCNC(=O)C(OC(C)S)[C@H](N)CCSCC. The maximum atomic E-state index is 12.3. The quantitative estimate of drug-likeness (QED) is 0.198. The average Bonchev–Trinajstić information content (AvgIpc) is 2.49. The van der Waals surface area contributed by atoms with Gasteiger partial charge in [0.05, 0.1) is 12.0 Å². The summed E-state index contributed by atoms with van der Waals surface area (Å²) in [6.07, 6.45) is 0.763. The zero-order valence-electron chi connectivity index (χ0n) is 14.2. The lowest BCUT2D eigenvalue weighted by Crippen LogP contribution is -2.49. The van der Waals surface area contributed by atoms with E-state index in [9.17, 15) is 9.59 Å². The summed E-state index contributed by atoms with van der Waals surface area (Å²) in [5.41, 5.74) is 5.71. The van der Waals surface area contributed by atoms with Crippen LogP contribution in [0.5, 0.6) is 0 Å². The molecule has 0 aliphatic carbocycles. The summed E-state index contributed by atoms with van der Waals surface area (Å²) < 4.78 is 10.4. The van der Waals surface area contributed by atoms with Crippen molar-refractivity contribution in [2.75, 3.05) is 24.7 Å². The molecule has 0 aliphatic rings. The fourth-order valence-electron chi connectivity index (χ4n) is 1.86. The van der Waals surface area contributed by atoms with Gasteiger partial charge in [-0.1, -0.05) is 6.92 Å². The Labute approximate surface area is 149 Å². The van der Waals surface area contributed by atoms with Crippen molar-refractivity contribution >= 4 is 36.3 Å². The molecule has 0 aromatic heterocycles. The molecular formula is C15H30N2O4S2. The first-order valence-electron chi connectivity index (χ1n) is 8.02. The summed E-state index contributed by atoms with van der Waals surface area (Å²) in [5, 5.41) is 2.76. The van der Waals surface area contributed by atoms with Crippen molar-refractivity contribution in [3.8, 4) is 0 Å². The molecule has 0 heterocycles. The first-order chi connectivity index (χ1) is 10.9. The van der Waals surface area contributed by atoms with E-state index in [4.69, 9.17) is 15.2 Å². The molecular weight excluding hydrogens is 336 g/mol. The number of hydrogen-bond donors (Lipinski definition) is 3. The van der Waals surface area contributed by atoms with Gasteiger partial charge in [-0.2, -0.15) is 11.8 Å². The molecule has 2 unspecified atom stereocenters. The average molecular weight is 367 g/mol. The smallest absolute Gasteiger partial charge is 0.305 e. The zero-order chi connectivity index (χ0) is 17.7. The van der Waals surface area contributed by atoms with Crippen LogP contribution in [0, 0.1) is 0 Å². The maximum Gasteiger partial charge on any atom is 0.305 e. The fourth-order valence-corrected chi connectivity index (χ4v) is 2.72. The van der Waals surface area contributed by atoms with Crippen molar-refractivity contribution < 1.29 is 19.1 Å². The van der Waals surface area contributed by atoms with E-state index in [2.05, 4.69) is 24.9 Å². The zero-order valence-corrected chi connectivity index (χ0v) is 16.0. The minimum absolute atomic E-state index is 0.258. The van der Waals surface area contributed by atoms with E-state index in [0.717, 1.165) is 11.5 Å². The summed E-state index contributed by atoms with van der Waals surface area (Å²) in [5.74, 6) is 1.38. The lowest BCUT2D eigenvalue weighted by Gasteiger charge is -2.25. The highest BCUT2D eigenvalue weighted by Gasteiger charge is 2.27. The number of ether oxygens (including phenoxy) is 2. The number of amides is 1. The van der Waals surface area contributed by atoms with Crippen LogP contribution in [0.1, 0.15) is 40.0 Å². The summed E-state index contributed by atoms with van der Waals surface area (Å²) >= 11 is 5.95. The normalized spacial score (nSPS) is 14.8. The predicted molar refractivity (Wildman–Crippen MR) is 97.8 cm³/mol. The Hall–Kier alpha value is -0.440. The monoisotopic (exact) mass is 366 g/mol. The van der Waals surface area contributed by atoms with Gasteiger partial charge in [0.1, 0.15) is 0 Å². The van der Waals surface area contributed by atoms with E-state index in [1.165, 1.54) is 0 Å². The number of thiol groups is 1. The second-order valence-corrected chi connectivity index (χ2v) is 7.13. The van der Waals surface area contributed by atoms with Crippen LogP contribution in [-0.2, 0) is 19.1 Å². The highest BCUT2D eigenvalue weighted by Crippen LogP contribution is 2.11. The first kappa shape index (κ1) is 22.6. The van der Waals surface area contributed by atoms with Crippen molar-refractivity contribution in [2.45, 2.75) is 57.6 Å². The number of carbonyl (C=O) groups excluding carboxylic acids is 2. The van der Waals surface area contributed by atoms with Crippen LogP contribution in [-0.4, -0.2) is 54.1 Å². The number of nitrogens with two attached hydrogens (primary N) is 1. The second-order valence-electron chi connectivity index (χ2n) is 5.01. The Morgan fingerprint density at radius 2 is 2.04 bits per heavy atom. The van der Waals surface area contributed by atoms with Gasteiger partial charge in [0.2, 0.25) is 0 Å². The Morgan fingerprint density at radius 1 is 1.35 bits per heavy atom. The van der Waals surface area contributed by atoms with Crippen LogP contribution >= 0.6 is 24.4 Å². The van der Waals surface area contributed by atoms with Crippen LogP contribution in [0.15, 0.2) is 0 Å². The molecule has 0 fully saturated rings. The van der Waals surface area contributed by atoms with Crippen molar-refractivity contribution in [1.29, 1.82) is 0 Å². The number of thioether (sulfide) groups is 1. The Balaban J connectivity index is 4.26. The third-order valence-electron chi connectivity index (χ3n) is 2.95. The molecule has 136 valence electrons. The van der Waals surface area contributed by atoms with E-state index in [0.29, 0.717) is 26.0 Å². The summed E-state index contributed by atoms with van der Waals surface area (Å²) in [4.78, 5) is 23.5. The third-order valence-corrected chi connectivity index (χ3v) is 4.01. The van der Waals surface area contributed by atoms with Crippen molar-refractivity contribution in [2.24, 2.45) is 5.73 Å². The molecule has 0 rings (SSSR count). The van der Waals surface area contributed by atoms with Gasteiger partial charge in [0.15, 0.2) is 6.10 Å². The number of rotatable bonds is 13. The molecule has 3 atom stereocenters. The molecule has 0 aromatic rings. The van der Waals surface area contributed by atoms with Crippen LogP contribution in [0.3, 0.4) is 0 Å². The lowest BCUT2D eigenvalue weighted by molar-refractivity contribution is -0.143. The molecule has 8 heteroatoms. The van der Waals surface area contributed by atoms with Gasteiger partial charge in [-0.25, -0.2) is 0 Å². The largest absolute Gasteiger partial charge is 0.466 e. The van der Waals surface area contributed by atoms with Gasteiger partial charge in [-0.05, 0) is 38.2 Å². The van der Waals surface area contributed by atoms with E-state index in [-0.39, 0.29) is 29.8 Å². The van der Waals surface area contributed by atoms with E-state index in [1.54, 1.807) is 25.6 Å². The Morgan fingerprint density at radius 3 is 2.61 bits per heavy atom. The van der Waals surface area contributed by atoms with E-state index >= 15 is 0 Å². The molecule has 0 saturated carbocycles. The van der Waals surface area contributed by atoms with Crippen LogP contribution in [0.2, 0.25) is 0 Å². The van der Waals surface area contributed by atoms with Crippen molar-refractivity contribution in [3.05, 3.63) is 0 Å². The van der Waals surface area contributed by atoms with Crippen LogP contribution < -0.4 is 11.1 Å². The molecule has 1 amide bonds. The van der Waals surface area contributed by atoms with Crippen molar-refractivity contribution in [1.82, 2.24) is 5.32 Å². The van der Waals surface area contributed by atoms with Gasteiger partial charge in [-0.3, -0.25) is 9.59 Å². The molecule has 0 radical (unpaired) electrons. The first-order valence-corrected chi connectivity index (χ1v) is 9.69. The summed E-state index contributed by atoms with van der Waals surface area (Å²) in [7, 11) is 0. The Kier molecular flexibility index (Phi) is 13.7. The minimum atomic E-state index is -0.734. The molecule has 23 heavy (non-hydrogen) atoms. The number of hydrogen-bond acceptors (Lipinski definition) is 7. The second kappa shape index (κ2) is 13.9. The molecule has 3 N–H and O–H groups in total.